The molecule has 12 aromatic rings. The van der Waals surface area contributed by atoms with Gasteiger partial charge in [-0.2, -0.15) is 0 Å². The van der Waals surface area contributed by atoms with E-state index < -0.39 is 0 Å². The maximum Gasteiger partial charge on any atom is 0.0542 e. The van der Waals surface area contributed by atoms with Gasteiger partial charge in [-0.15, -0.1) is 0 Å². The Morgan fingerprint density at radius 1 is 0.274 bits per heavy atom. The molecule has 1 heterocycles. The Kier molecular flexibility index (Phi) is 8.53. The van der Waals surface area contributed by atoms with E-state index in [1.54, 1.807) is 0 Å². The molecule has 0 saturated carbocycles. The largest absolute Gasteiger partial charge is 0.310 e. The average molecular weight is 789 g/mol. The zero-order chi connectivity index (χ0) is 41.0. The number of nitrogens with zero attached hydrogens (tertiary/aromatic N) is 2. The summed E-state index contributed by atoms with van der Waals surface area (Å²) >= 11 is 0. The first-order chi connectivity index (χ1) is 30.8. The number of hydrogen-bond donors (Lipinski definition) is 0. The maximum absolute atomic E-state index is 2.44. The second-order valence-corrected chi connectivity index (χ2v) is 16.1. The Bertz CT molecular complexity index is 3620. The predicted octanol–water partition coefficient (Wildman–Crippen LogP) is 16.7. The number of anilines is 3. The second kappa shape index (κ2) is 14.8. The van der Waals surface area contributed by atoms with Crippen molar-refractivity contribution in [2.24, 2.45) is 0 Å². The van der Waals surface area contributed by atoms with Crippen LogP contribution in [0.5, 0.6) is 0 Å². The van der Waals surface area contributed by atoms with Crippen molar-refractivity contribution in [1.29, 1.82) is 0 Å². The van der Waals surface area contributed by atoms with E-state index in [0.717, 1.165) is 28.3 Å². The van der Waals surface area contributed by atoms with E-state index in [1.807, 2.05) is 0 Å². The summed E-state index contributed by atoms with van der Waals surface area (Å²) in [5.41, 5.74) is 14.1. The second-order valence-electron chi connectivity index (χ2n) is 16.1. The van der Waals surface area contributed by atoms with Gasteiger partial charge in [-0.3, -0.25) is 0 Å². The Labute approximate surface area is 360 Å². The van der Waals surface area contributed by atoms with Crippen molar-refractivity contribution < 1.29 is 0 Å². The first-order valence-corrected chi connectivity index (χ1v) is 21.3. The highest BCUT2D eigenvalue weighted by atomic mass is 15.1. The summed E-state index contributed by atoms with van der Waals surface area (Å²) in [7, 11) is 0. The molecule has 0 radical (unpaired) electrons. The monoisotopic (exact) mass is 788 g/mol. The molecule has 0 amide bonds. The molecule has 0 spiro atoms. The predicted molar refractivity (Wildman–Crippen MR) is 264 cm³/mol. The molecule has 0 N–H and O–H groups in total. The van der Waals surface area contributed by atoms with Crippen molar-refractivity contribution in [3.8, 4) is 39.1 Å². The fourth-order valence-corrected chi connectivity index (χ4v) is 9.79. The van der Waals surface area contributed by atoms with Gasteiger partial charge < -0.3 is 9.47 Å². The van der Waals surface area contributed by atoms with E-state index in [1.165, 1.54) is 81.9 Å². The third kappa shape index (κ3) is 5.88. The molecule has 0 aliphatic rings. The zero-order valence-electron chi connectivity index (χ0n) is 34.0. The van der Waals surface area contributed by atoms with Crippen LogP contribution in [0.25, 0.3) is 93.2 Å². The summed E-state index contributed by atoms with van der Waals surface area (Å²) in [5.74, 6) is 0. The number of fused-ring (bicyclic) bond motifs is 7. The van der Waals surface area contributed by atoms with Gasteiger partial charge in [-0.25, -0.2) is 0 Å². The number of rotatable bonds is 7. The highest BCUT2D eigenvalue weighted by Gasteiger charge is 2.21. The Morgan fingerprint density at radius 2 is 0.806 bits per heavy atom. The van der Waals surface area contributed by atoms with Gasteiger partial charge in [0.15, 0.2) is 0 Å². The van der Waals surface area contributed by atoms with Crippen molar-refractivity contribution in [3.63, 3.8) is 0 Å². The van der Waals surface area contributed by atoms with Crippen LogP contribution >= 0.6 is 0 Å². The highest BCUT2D eigenvalue weighted by Crippen LogP contribution is 2.47. The van der Waals surface area contributed by atoms with Crippen molar-refractivity contribution >= 4 is 71.2 Å². The van der Waals surface area contributed by atoms with Crippen LogP contribution in [0.3, 0.4) is 0 Å². The molecule has 2 heteroatoms. The molecule has 2 nitrogen and oxygen atoms in total. The van der Waals surface area contributed by atoms with Crippen LogP contribution in [-0.2, 0) is 0 Å². The first-order valence-electron chi connectivity index (χ1n) is 21.3. The van der Waals surface area contributed by atoms with Crippen molar-refractivity contribution in [3.05, 3.63) is 243 Å². The van der Waals surface area contributed by atoms with Gasteiger partial charge in [0.1, 0.15) is 0 Å². The first kappa shape index (κ1) is 35.7. The van der Waals surface area contributed by atoms with E-state index in [4.69, 9.17) is 0 Å². The van der Waals surface area contributed by atoms with Gasteiger partial charge in [0.05, 0.1) is 16.7 Å². The molecule has 0 aliphatic carbocycles. The number of hydrogen-bond acceptors (Lipinski definition) is 1. The van der Waals surface area contributed by atoms with Crippen LogP contribution in [0.1, 0.15) is 0 Å². The zero-order valence-corrected chi connectivity index (χ0v) is 34.0. The van der Waals surface area contributed by atoms with E-state index >= 15 is 0 Å². The molecule has 12 rings (SSSR count). The van der Waals surface area contributed by atoms with Crippen molar-refractivity contribution in [2.45, 2.75) is 0 Å². The summed E-state index contributed by atoms with van der Waals surface area (Å²) in [4.78, 5) is 2.44. The molecule has 0 unspecified atom stereocenters. The van der Waals surface area contributed by atoms with Crippen LogP contribution in [0, 0.1) is 0 Å². The minimum atomic E-state index is 1.09. The summed E-state index contributed by atoms with van der Waals surface area (Å²) in [6, 6.07) is 88.5. The summed E-state index contributed by atoms with van der Waals surface area (Å²) in [5, 5.41) is 9.85. The molecule has 1 aromatic heterocycles. The third-order valence-electron chi connectivity index (χ3n) is 12.5. The van der Waals surface area contributed by atoms with Gasteiger partial charge in [0.25, 0.3) is 0 Å². The van der Waals surface area contributed by atoms with Crippen molar-refractivity contribution in [1.82, 2.24) is 4.57 Å². The van der Waals surface area contributed by atoms with Crippen LogP contribution < -0.4 is 4.90 Å². The highest BCUT2D eigenvalue weighted by molar-refractivity contribution is 6.22. The molecule has 62 heavy (non-hydrogen) atoms. The normalized spacial score (nSPS) is 11.5. The summed E-state index contributed by atoms with van der Waals surface area (Å²) in [6.07, 6.45) is 0. The lowest BCUT2D eigenvalue weighted by atomic mass is 9.84. The number of para-hydroxylation sites is 2. The molecular formula is C60H40N2. The minimum absolute atomic E-state index is 1.09. The van der Waals surface area contributed by atoms with Crippen LogP contribution in [0.4, 0.5) is 17.1 Å². The number of benzene rings is 11. The summed E-state index contributed by atoms with van der Waals surface area (Å²) < 4.78 is 2.38. The van der Waals surface area contributed by atoms with Gasteiger partial charge >= 0.3 is 0 Å². The minimum Gasteiger partial charge on any atom is -0.310 e. The lowest BCUT2D eigenvalue weighted by Crippen LogP contribution is -2.10. The van der Waals surface area contributed by atoms with Gasteiger partial charge in [-0.1, -0.05) is 182 Å². The molecule has 0 fully saturated rings. The van der Waals surface area contributed by atoms with E-state index in [2.05, 4.69) is 252 Å². The third-order valence-corrected chi connectivity index (χ3v) is 12.5. The Morgan fingerprint density at radius 3 is 1.58 bits per heavy atom. The Balaban J connectivity index is 1.08. The summed E-state index contributed by atoms with van der Waals surface area (Å²) in [6.45, 7) is 0. The molecular weight excluding hydrogens is 749 g/mol. The molecule has 11 aromatic carbocycles. The van der Waals surface area contributed by atoms with Crippen molar-refractivity contribution in [2.75, 3.05) is 4.90 Å². The standard InChI is InChI=1S/C60H40N2/c1-4-19-42(20-5-1)59-53-31-13-12-29-50(53)51-36-34-45(39-55(51)60(59)43-21-6-2-7-22-43)44-24-16-27-47(38-44)61(56-33-17-23-41-18-10-11-28-49(41)56)48-35-37-58-54(40-48)52-30-14-15-32-57(52)62(58)46-25-8-3-9-26-46/h1-40H. The lowest BCUT2D eigenvalue weighted by molar-refractivity contribution is 1.18. The van der Waals surface area contributed by atoms with E-state index in [9.17, 15) is 0 Å². The maximum atomic E-state index is 2.44. The lowest BCUT2D eigenvalue weighted by Gasteiger charge is -2.27. The Hall–Kier alpha value is -8.20. The van der Waals surface area contributed by atoms with Crippen LogP contribution in [0.2, 0.25) is 0 Å². The SMILES string of the molecule is c1ccc(-c2c(-c3ccccc3)c3cc(-c4cccc(N(c5ccc6c(c5)c5ccccc5n6-c5ccccc5)c5cccc6ccccc56)c4)ccc3c3ccccc23)cc1. The smallest absolute Gasteiger partial charge is 0.0542 e. The van der Waals surface area contributed by atoms with Crippen LogP contribution in [0.15, 0.2) is 243 Å². The van der Waals surface area contributed by atoms with Gasteiger partial charge in [0.2, 0.25) is 0 Å². The van der Waals surface area contributed by atoms with Gasteiger partial charge in [0, 0.05) is 33.2 Å². The van der Waals surface area contributed by atoms with E-state index in [0.29, 0.717) is 0 Å². The molecule has 0 bridgehead atoms. The molecule has 0 aliphatic heterocycles. The fraction of sp³-hybridized carbons (Fsp3) is 0. The molecule has 0 atom stereocenters. The van der Waals surface area contributed by atoms with E-state index in [-0.39, 0.29) is 0 Å². The topological polar surface area (TPSA) is 8.17 Å². The quantitative estimate of drug-likeness (QED) is 0.146. The molecule has 290 valence electrons. The fourth-order valence-electron chi connectivity index (χ4n) is 9.79. The molecule has 0 saturated heterocycles. The van der Waals surface area contributed by atoms with Crippen LogP contribution in [-0.4, -0.2) is 4.57 Å². The average Bonchev–Trinajstić information content (AvgIpc) is 3.68. The van der Waals surface area contributed by atoms with Gasteiger partial charge in [-0.05, 0) is 121 Å². The number of aromatic nitrogens is 1.